The van der Waals surface area contributed by atoms with Gasteiger partial charge in [-0.3, -0.25) is 4.79 Å². The van der Waals surface area contributed by atoms with E-state index >= 15 is 0 Å². The summed E-state index contributed by atoms with van der Waals surface area (Å²) < 4.78 is 27.1. The van der Waals surface area contributed by atoms with Gasteiger partial charge in [0.15, 0.2) is 5.78 Å². The summed E-state index contributed by atoms with van der Waals surface area (Å²) in [7, 11) is 0. The Hall–Kier alpha value is -2.06. The highest BCUT2D eigenvalue weighted by molar-refractivity contribution is 9.10. The third-order valence-corrected chi connectivity index (χ3v) is 3.28. The summed E-state index contributed by atoms with van der Waals surface area (Å²) in [6, 6.07) is 10.8. The number of halogens is 3. The number of carbonyl (C=O) groups excluding carboxylic acids is 1. The molecule has 0 radical (unpaired) electrons. The first-order valence-corrected chi connectivity index (χ1v) is 6.46. The Morgan fingerprint density at radius 3 is 2.40 bits per heavy atom. The largest absolute Gasteiger partial charge is 0.292 e. The van der Waals surface area contributed by atoms with Gasteiger partial charge in [0.2, 0.25) is 0 Å². The number of ketones is 1. The van der Waals surface area contributed by atoms with Crippen LogP contribution in [0.3, 0.4) is 0 Å². The van der Waals surface area contributed by atoms with Crippen LogP contribution < -0.4 is 0 Å². The van der Waals surface area contributed by atoms with E-state index in [0.717, 1.165) is 18.2 Å². The Bertz CT molecular complexity index is 692. The van der Waals surface area contributed by atoms with Crippen LogP contribution in [0.2, 0.25) is 0 Å². The van der Waals surface area contributed by atoms with E-state index in [0.29, 0.717) is 10.0 Å². The number of hydrogen-bond acceptors (Lipinski definition) is 2. The predicted octanol–water partition coefficient (Wildman–Crippen LogP) is 4.22. The van der Waals surface area contributed by atoms with Crippen molar-refractivity contribution in [3.05, 3.63) is 69.7 Å². The lowest BCUT2D eigenvalue weighted by atomic mass is 9.91. The second-order valence-corrected chi connectivity index (χ2v) is 5.02. The lowest BCUT2D eigenvalue weighted by Crippen LogP contribution is -2.13. The third-order valence-electron chi connectivity index (χ3n) is 2.79. The zero-order valence-corrected chi connectivity index (χ0v) is 11.7. The monoisotopic (exact) mass is 335 g/mol. The summed E-state index contributed by atoms with van der Waals surface area (Å²) in [4.78, 5) is 12.3. The van der Waals surface area contributed by atoms with E-state index in [9.17, 15) is 13.6 Å². The SMILES string of the molecule is N#CC(C(=O)c1cc(Br)ccc1F)c1ccc(F)cc1. The molecule has 0 amide bonds. The first-order valence-electron chi connectivity index (χ1n) is 5.67. The fourth-order valence-electron chi connectivity index (χ4n) is 1.78. The van der Waals surface area contributed by atoms with Gasteiger partial charge in [0.1, 0.15) is 17.6 Å². The molecule has 1 unspecified atom stereocenters. The maximum Gasteiger partial charge on any atom is 0.187 e. The van der Waals surface area contributed by atoms with Crippen molar-refractivity contribution in [2.45, 2.75) is 5.92 Å². The minimum Gasteiger partial charge on any atom is -0.292 e. The molecule has 2 rings (SSSR count). The number of carbonyl (C=O) groups is 1. The number of nitrogens with zero attached hydrogens (tertiary/aromatic N) is 1. The molecule has 2 nitrogen and oxygen atoms in total. The van der Waals surface area contributed by atoms with Gasteiger partial charge in [-0.05, 0) is 35.9 Å². The molecule has 0 aliphatic carbocycles. The number of hydrogen-bond donors (Lipinski definition) is 0. The molecule has 0 aliphatic rings. The van der Waals surface area contributed by atoms with Crippen molar-refractivity contribution < 1.29 is 13.6 Å². The quantitative estimate of drug-likeness (QED) is 0.788. The van der Waals surface area contributed by atoms with Gasteiger partial charge in [0, 0.05) is 4.47 Å². The van der Waals surface area contributed by atoms with E-state index < -0.39 is 23.3 Å². The number of Topliss-reactive ketones (excluding diaryl/α,β-unsaturated/α-hetero) is 1. The first-order chi connectivity index (χ1) is 9.52. The lowest BCUT2D eigenvalue weighted by molar-refractivity contribution is 0.0975. The summed E-state index contributed by atoms with van der Waals surface area (Å²) in [6.07, 6.45) is 0. The van der Waals surface area contributed by atoms with Gasteiger partial charge < -0.3 is 0 Å². The van der Waals surface area contributed by atoms with E-state index in [1.165, 1.54) is 24.3 Å². The second-order valence-electron chi connectivity index (χ2n) is 4.10. The molecule has 100 valence electrons. The Morgan fingerprint density at radius 2 is 1.80 bits per heavy atom. The predicted molar refractivity (Wildman–Crippen MR) is 73.2 cm³/mol. The highest BCUT2D eigenvalue weighted by Gasteiger charge is 2.24. The molecular formula is C15H8BrF2NO. The number of nitriles is 1. The number of rotatable bonds is 3. The van der Waals surface area contributed by atoms with E-state index in [4.69, 9.17) is 5.26 Å². The summed E-state index contributed by atoms with van der Waals surface area (Å²) in [5.74, 6) is -2.98. The highest BCUT2D eigenvalue weighted by atomic mass is 79.9. The lowest BCUT2D eigenvalue weighted by Gasteiger charge is -2.09. The zero-order valence-electron chi connectivity index (χ0n) is 10.1. The maximum atomic E-state index is 13.7. The van der Waals surface area contributed by atoms with E-state index in [1.54, 1.807) is 0 Å². The molecule has 0 saturated heterocycles. The van der Waals surface area contributed by atoms with Gasteiger partial charge in [0.25, 0.3) is 0 Å². The Balaban J connectivity index is 2.42. The van der Waals surface area contributed by atoms with Crippen LogP contribution in [0.15, 0.2) is 46.9 Å². The minimum absolute atomic E-state index is 0.171. The molecule has 0 spiro atoms. The van der Waals surface area contributed by atoms with Crippen molar-refractivity contribution >= 4 is 21.7 Å². The van der Waals surface area contributed by atoms with Crippen molar-refractivity contribution in [1.29, 1.82) is 5.26 Å². The van der Waals surface area contributed by atoms with Gasteiger partial charge >= 0.3 is 0 Å². The standard InChI is InChI=1S/C15H8BrF2NO/c16-10-3-6-14(18)12(7-10)15(20)13(8-19)9-1-4-11(17)5-2-9/h1-7,13H. The second kappa shape index (κ2) is 5.93. The van der Waals surface area contributed by atoms with Gasteiger partial charge in [-0.1, -0.05) is 28.1 Å². The number of benzene rings is 2. The van der Waals surface area contributed by atoms with Crippen molar-refractivity contribution in [1.82, 2.24) is 0 Å². The van der Waals surface area contributed by atoms with Crippen LogP contribution >= 0.6 is 15.9 Å². The van der Waals surface area contributed by atoms with Gasteiger partial charge in [-0.15, -0.1) is 0 Å². The normalized spacial score (nSPS) is 11.7. The van der Waals surface area contributed by atoms with Crippen LogP contribution in [-0.2, 0) is 0 Å². The summed E-state index contributed by atoms with van der Waals surface area (Å²) >= 11 is 3.15. The average Bonchev–Trinajstić information content (AvgIpc) is 2.44. The van der Waals surface area contributed by atoms with Crippen molar-refractivity contribution in [2.75, 3.05) is 0 Å². The van der Waals surface area contributed by atoms with E-state index in [1.807, 2.05) is 6.07 Å². The molecule has 0 saturated carbocycles. The molecule has 0 heterocycles. The van der Waals surface area contributed by atoms with Crippen LogP contribution in [0.5, 0.6) is 0 Å². The summed E-state index contributed by atoms with van der Waals surface area (Å²) in [5.41, 5.74) is 0.161. The highest BCUT2D eigenvalue weighted by Crippen LogP contribution is 2.24. The fourth-order valence-corrected chi connectivity index (χ4v) is 2.14. The molecule has 2 aromatic rings. The van der Waals surface area contributed by atoms with Crippen LogP contribution in [0.4, 0.5) is 8.78 Å². The van der Waals surface area contributed by atoms with Gasteiger partial charge in [-0.2, -0.15) is 5.26 Å². The third kappa shape index (κ3) is 2.91. The van der Waals surface area contributed by atoms with Crippen molar-refractivity contribution in [2.24, 2.45) is 0 Å². The molecule has 1 atom stereocenters. The molecule has 20 heavy (non-hydrogen) atoms. The fraction of sp³-hybridized carbons (Fsp3) is 0.0667. The zero-order chi connectivity index (χ0) is 14.7. The van der Waals surface area contributed by atoms with Crippen LogP contribution in [0, 0.1) is 23.0 Å². The van der Waals surface area contributed by atoms with Crippen molar-refractivity contribution in [3.63, 3.8) is 0 Å². The topological polar surface area (TPSA) is 40.9 Å². The Kier molecular flexibility index (Phi) is 4.26. The maximum absolute atomic E-state index is 13.7. The summed E-state index contributed by atoms with van der Waals surface area (Å²) in [5, 5.41) is 9.14. The molecule has 2 aromatic carbocycles. The average molecular weight is 336 g/mol. The molecule has 0 fully saturated rings. The van der Waals surface area contributed by atoms with E-state index in [-0.39, 0.29) is 5.56 Å². The summed E-state index contributed by atoms with van der Waals surface area (Å²) in [6.45, 7) is 0. The minimum atomic E-state index is -1.17. The molecule has 0 N–H and O–H groups in total. The Morgan fingerprint density at radius 1 is 1.15 bits per heavy atom. The van der Waals surface area contributed by atoms with Gasteiger partial charge in [0.05, 0.1) is 11.6 Å². The molecule has 0 bridgehead atoms. The first kappa shape index (κ1) is 14.4. The van der Waals surface area contributed by atoms with Crippen LogP contribution in [-0.4, -0.2) is 5.78 Å². The van der Waals surface area contributed by atoms with Crippen LogP contribution in [0.1, 0.15) is 21.8 Å². The smallest absolute Gasteiger partial charge is 0.187 e. The molecule has 5 heteroatoms. The van der Waals surface area contributed by atoms with Crippen LogP contribution in [0.25, 0.3) is 0 Å². The Labute approximate surface area is 122 Å². The molecular weight excluding hydrogens is 328 g/mol. The van der Waals surface area contributed by atoms with E-state index in [2.05, 4.69) is 15.9 Å². The molecule has 0 aromatic heterocycles. The molecule has 0 aliphatic heterocycles. The van der Waals surface area contributed by atoms with Crippen molar-refractivity contribution in [3.8, 4) is 6.07 Å². The van der Waals surface area contributed by atoms with Gasteiger partial charge in [-0.25, -0.2) is 8.78 Å².